The highest BCUT2D eigenvalue weighted by molar-refractivity contribution is 7.98. The Bertz CT molecular complexity index is 1210. The van der Waals surface area contributed by atoms with Crippen LogP contribution in [0.1, 0.15) is 5.56 Å². The van der Waals surface area contributed by atoms with Crippen molar-refractivity contribution >= 4 is 17.4 Å². The van der Waals surface area contributed by atoms with Gasteiger partial charge in [0.05, 0.1) is 11.4 Å². The lowest BCUT2D eigenvalue weighted by Crippen LogP contribution is -1.93. The van der Waals surface area contributed by atoms with Crippen LogP contribution >= 0.6 is 11.8 Å². The van der Waals surface area contributed by atoms with Crippen LogP contribution in [0, 0.1) is 0 Å². The minimum atomic E-state index is 0.757. The molecule has 3 aromatic heterocycles. The minimum Gasteiger partial charge on any atom is -0.277 e. The zero-order valence-corrected chi connectivity index (χ0v) is 15.8. The first-order chi connectivity index (χ1) is 13.9. The number of thioether (sulfide) groups is 1. The number of aromatic nitrogens is 5. The van der Waals surface area contributed by atoms with Gasteiger partial charge in [-0.3, -0.25) is 4.40 Å². The van der Waals surface area contributed by atoms with Crippen LogP contribution in [0.5, 0.6) is 0 Å². The summed E-state index contributed by atoms with van der Waals surface area (Å²) < 4.78 is 3.95. The van der Waals surface area contributed by atoms with Crippen LogP contribution in [0.2, 0.25) is 0 Å². The van der Waals surface area contributed by atoms with Crippen molar-refractivity contribution in [2.24, 2.45) is 0 Å². The van der Waals surface area contributed by atoms with Gasteiger partial charge in [0, 0.05) is 29.3 Å². The van der Waals surface area contributed by atoms with Gasteiger partial charge in [0.1, 0.15) is 0 Å². The van der Waals surface area contributed by atoms with Crippen molar-refractivity contribution in [3.63, 3.8) is 0 Å². The SMILES string of the molecule is c1ccc(-c2nn(-c3ccccc3)cc2CSc2nnc3ccccn23)cc1. The van der Waals surface area contributed by atoms with Gasteiger partial charge in [-0.2, -0.15) is 5.10 Å². The van der Waals surface area contributed by atoms with Crippen LogP contribution in [0.3, 0.4) is 0 Å². The molecule has 0 spiro atoms. The van der Waals surface area contributed by atoms with Crippen molar-refractivity contribution in [1.29, 1.82) is 0 Å². The van der Waals surface area contributed by atoms with Crippen molar-refractivity contribution in [1.82, 2.24) is 24.4 Å². The summed E-state index contributed by atoms with van der Waals surface area (Å²) in [5, 5.41) is 14.3. The molecule has 0 amide bonds. The summed E-state index contributed by atoms with van der Waals surface area (Å²) in [7, 11) is 0. The number of fused-ring (bicyclic) bond motifs is 1. The molecule has 28 heavy (non-hydrogen) atoms. The molecule has 2 aromatic carbocycles. The maximum atomic E-state index is 4.87. The standard InChI is InChI=1S/C22H17N5S/c1-3-9-17(10-4-1)21-18(15-27(25-21)19-11-5-2-6-12-19)16-28-22-24-23-20-13-7-8-14-26(20)22/h1-15H,16H2. The first-order valence-corrected chi connectivity index (χ1v) is 9.99. The Labute approximate surface area is 166 Å². The highest BCUT2D eigenvalue weighted by atomic mass is 32.2. The number of rotatable bonds is 5. The Morgan fingerprint density at radius 3 is 2.36 bits per heavy atom. The first-order valence-electron chi connectivity index (χ1n) is 9.00. The molecule has 0 aliphatic heterocycles. The molecule has 0 aliphatic carbocycles. The Kier molecular flexibility index (Phi) is 4.39. The fourth-order valence-electron chi connectivity index (χ4n) is 3.13. The van der Waals surface area contributed by atoms with Gasteiger partial charge in [-0.1, -0.05) is 66.4 Å². The van der Waals surface area contributed by atoms with Crippen LogP contribution in [0.4, 0.5) is 0 Å². The van der Waals surface area contributed by atoms with Crippen LogP contribution < -0.4 is 0 Å². The maximum absolute atomic E-state index is 4.87. The van der Waals surface area contributed by atoms with Gasteiger partial charge < -0.3 is 0 Å². The summed E-state index contributed by atoms with van der Waals surface area (Å²) in [5.74, 6) is 0.757. The lowest BCUT2D eigenvalue weighted by Gasteiger charge is -2.02. The average Bonchev–Trinajstić information content (AvgIpc) is 3.38. The summed E-state index contributed by atoms with van der Waals surface area (Å²) >= 11 is 1.66. The number of hydrogen-bond donors (Lipinski definition) is 0. The molecule has 0 radical (unpaired) electrons. The van der Waals surface area contributed by atoms with Crippen LogP contribution in [-0.4, -0.2) is 24.4 Å². The summed E-state index contributed by atoms with van der Waals surface area (Å²) in [4.78, 5) is 0. The highest BCUT2D eigenvalue weighted by Crippen LogP contribution is 2.29. The van der Waals surface area contributed by atoms with Crippen LogP contribution in [-0.2, 0) is 5.75 Å². The van der Waals surface area contributed by atoms with Gasteiger partial charge in [0.25, 0.3) is 0 Å². The summed E-state index contributed by atoms with van der Waals surface area (Å²) in [6.45, 7) is 0. The second-order valence-electron chi connectivity index (χ2n) is 6.35. The third-order valence-corrected chi connectivity index (χ3v) is 5.49. The molecule has 5 aromatic rings. The number of pyridine rings is 1. The summed E-state index contributed by atoms with van der Waals surface area (Å²) in [6.07, 6.45) is 4.09. The molecule has 0 aliphatic rings. The molecular formula is C22H17N5S. The molecule has 6 heteroatoms. The van der Waals surface area contributed by atoms with E-state index in [1.807, 2.05) is 69.9 Å². The van der Waals surface area contributed by atoms with Gasteiger partial charge in [-0.25, -0.2) is 4.68 Å². The lowest BCUT2D eigenvalue weighted by atomic mass is 10.1. The second kappa shape index (κ2) is 7.32. The van der Waals surface area contributed by atoms with E-state index < -0.39 is 0 Å². The molecule has 0 unspecified atom stereocenters. The van der Waals surface area contributed by atoms with E-state index in [1.54, 1.807) is 11.8 Å². The Balaban J connectivity index is 1.51. The molecule has 0 atom stereocenters. The summed E-state index contributed by atoms with van der Waals surface area (Å²) in [6, 6.07) is 26.4. The normalized spacial score (nSPS) is 11.1. The van der Waals surface area contributed by atoms with Crippen LogP contribution in [0.15, 0.2) is 96.4 Å². The van der Waals surface area contributed by atoms with Gasteiger partial charge >= 0.3 is 0 Å². The monoisotopic (exact) mass is 383 g/mol. The van der Waals surface area contributed by atoms with E-state index in [1.165, 1.54) is 0 Å². The fourth-order valence-corrected chi connectivity index (χ4v) is 4.02. The zero-order valence-electron chi connectivity index (χ0n) is 15.0. The van der Waals surface area contributed by atoms with Gasteiger partial charge in [0.2, 0.25) is 0 Å². The van der Waals surface area contributed by atoms with Crippen molar-refractivity contribution < 1.29 is 0 Å². The van der Waals surface area contributed by atoms with Gasteiger partial charge in [-0.15, -0.1) is 10.2 Å². The molecule has 5 nitrogen and oxygen atoms in total. The van der Waals surface area contributed by atoms with Gasteiger partial charge in [-0.05, 0) is 24.3 Å². The van der Waals surface area contributed by atoms with Gasteiger partial charge in [0.15, 0.2) is 10.8 Å². The van der Waals surface area contributed by atoms with E-state index in [2.05, 4.69) is 40.7 Å². The van der Waals surface area contributed by atoms with Crippen molar-refractivity contribution in [3.05, 3.63) is 96.8 Å². The molecule has 136 valence electrons. The van der Waals surface area contributed by atoms with Crippen molar-refractivity contribution in [2.75, 3.05) is 0 Å². The Hall–Kier alpha value is -3.38. The maximum Gasteiger partial charge on any atom is 0.195 e. The Morgan fingerprint density at radius 2 is 1.54 bits per heavy atom. The predicted molar refractivity (Wildman–Crippen MR) is 112 cm³/mol. The number of benzene rings is 2. The zero-order chi connectivity index (χ0) is 18.8. The molecule has 3 heterocycles. The number of hydrogen-bond acceptors (Lipinski definition) is 4. The third kappa shape index (κ3) is 3.18. The molecule has 0 N–H and O–H groups in total. The third-order valence-electron chi connectivity index (χ3n) is 4.50. The molecular weight excluding hydrogens is 366 g/mol. The smallest absolute Gasteiger partial charge is 0.195 e. The van der Waals surface area contributed by atoms with Crippen molar-refractivity contribution in [2.45, 2.75) is 10.9 Å². The van der Waals surface area contributed by atoms with E-state index in [4.69, 9.17) is 5.10 Å². The summed E-state index contributed by atoms with van der Waals surface area (Å²) in [5.41, 5.74) is 5.16. The lowest BCUT2D eigenvalue weighted by molar-refractivity contribution is 0.884. The Morgan fingerprint density at radius 1 is 0.786 bits per heavy atom. The predicted octanol–water partition coefficient (Wildman–Crippen LogP) is 4.87. The molecule has 5 rings (SSSR count). The second-order valence-corrected chi connectivity index (χ2v) is 7.29. The van der Waals surface area contributed by atoms with E-state index in [0.717, 1.165) is 39.1 Å². The van der Waals surface area contributed by atoms with E-state index in [-0.39, 0.29) is 0 Å². The van der Waals surface area contributed by atoms with Crippen LogP contribution in [0.25, 0.3) is 22.6 Å². The largest absolute Gasteiger partial charge is 0.277 e. The fraction of sp³-hybridized carbons (Fsp3) is 0.0455. The van der Waals surface area contributed by atoms with Crippen molar-refractivity contribution in [3.8, 4) is 16.9 Å². The molecule has 0 saturated heterocycles. The van der Waals surface area contributed by atoms with E-state index in [0.29, 0.717) is 0 Å². The average molecular weight is 383 g/mol. The molecule has 0 saturated carbocycles. The molecule has 0 bridgehead atoms. The topological polar surface area (TPSA) is 48.0 Å². The van der Waals surface area contributed by atoms with E-state index in [9.17, 15) is 0 Å². The number of nitrogens with zero attached hydrogens (tertiary/aromatic N) is 5. The number of para-hydroxylation sites is 1. The highest BCUT2D eigenvalue weighted by Gasteiger charge is 2.14. The molecule has 0 fully saturated rings. The first kappa shape index (κ1) is 16.8. The quantitative estimate of drug-likeness (QED) is 0.406. The van der Waals surface area contributed by atoms with E-state index >= 15 is 0 Å². The minimum absolute atomic E-state index is 0.757.